The Kier molecular flexibility index (Phi) is 2.77. The third-order valence-corrected chi connectivity index (χ3v) is 2.21. The lowest BCUT2D eigenvalue weighted by molar-refractivity contribution is -0.198. The number of alkyl halides is 3. The highest BCUT2D eigenvalue weighted by Crippen LogP contribution is 2.38. The van der Waals surface area contributed by atoms with E-state index in [4.69, 9.17) is 5.73 Å². The van der Waals surface area contributed by atoms with E-state index in [2.05, 4.69) is 0 Å². The van der Waals surface area contributed by atoms with E-state index in [0.29, 0.717) is 0 Å². The van der Waals surface area contributed by atoms with Gasteiger partial charge in [0.15, 0.2) is 0 Å². The Hall–Kier alpha value is -0.740. The Morgan fingerprint density at radius 2 is 1.67 bits per heavy atom. The van der Waals surface area contributed by atoms with Gasteiger partial charge < -0.3 is 5.73 Å². The van der Waals surface area contributed by atoms with Crippen LogP contribution in [-0.4, -0.2) is 12.1 Å². The third-order valence-electron chi connectivity index (χ3n) is 2.21. The van der Waals surface area contributed by atoms with Gasteiger partial charge in [-0.2, -0.15) is 13.2 Å². The Morgan fingerprint density at radius 1 is 1.33 bits per heavy atom. The van der Waals surface area contributed by atoms with Gasteiger partial charge in [0.1, 0.15) is 0 Å². The highest BCUT2D eigenvalue weighted by molar-refractivity contribution is 5.80. The summed E-state index contributed by atoms with van der Waals surface area (Å²) in [6.07, 6.45) is -4.38. The van der Waals surface area contributed by atoms with Crippen LogP contribution in [0.2, 0.25) is 0 Å². The predicted molar refractivity (Wildman–Crippen MR) is 38.2 cm³/mol. The average molecular weight is 183 g/mol. The van der Waals surface area contributed by atoms with Gasteiger partial charge in [-0.3, -0.25) is 4.79 Å². The summed E-state index contributed by atoms with van der Waals surface area (Å²) in [6, 6.07) is 0. The summed E-state index contributed by atoms with van der Waals surface area (Å²) in [4.78, 5) is 10.6. The van der Waals surface area contributed by atoms with Crippen molar-refractivity contribution in [2.45, 2.75) is 26.9 Å². The van der Waals surface area contributed by atoms with Gasteiger partial charge in [0.2, 0.25) is 5.91 Å². The second-order valence-corrected chi connectivity index (χ2v) is 3.35. The molecule has 0 radical (unpaired) electrons. The summed E-state index contributed by atoms with van der Waals surface area (Å²) in [5, 5.41) is 0. The molecule has 5 heteroatoms. The topological polar surface area (TPSA) is 43.1 Å². The fraction of sp³-hybridized carbons (Fsp3) is 0.857. The molecule has 0 aromatic rings. The standard InChI is InChI=1S/C7H12F3NO/c1-4(7(8,9)10)6(2,3)5(11)12/h4H,1-3H3,(H2,11,12). The predicted octanol–water partition coefficient (Wildman–Crippen LogP) is 1.70. The van der Waals surface area contributed by atoms with Crippen LogP contribution in [0.3, 0.4) is 0 Å². The van der Waals surface area contributed by atoms with Crippen molar-refractivity contribution in [1.82, 2.24) is 0 Å². The lowest BCUT2D eigenvalue weighted by Gasteiger charge is -2.29. The SMILES string of the molecule is CC(C(F)(F)F)C(C)(C)C(N)=O. The summed E-state index contributed by atoms with van der Waals surface area (Å²) in [5.41, 5.74) is 3.29. The van der Waals surface area contributed by atoms with E-state index in [1.165, 1.54) is 13.8 Å². The minimum Gasteiger partial charge on any atom is -0.369 e. The van der Waals surface area contributed by atoms with Crippen LogP contribution in [0.15, 0.2) is 0 Å². The van der Waals surface area contributed by atoms with E-state index in [0.717, 1.165) is 6.92 Å². The fourth-order valence-electron chi connectivity index (χ4n) is 0.623. The molecule has 0 aromatic heterocycles. The molecule has 1 unspecified atom stereocenters. The van der Waals surface area contributed by atoms with Gasteiger partial charge in [-0.15, -0.1) is 0 Å². The van der Waals surface area contributed by atoms with Crippen LogP contribution in [0, 0.1) is 11.3 Å². The molecular weight excluding hydrogens is 171 g/mol. The van der Waals surface area contributed by atoms with Crippen molar-refractivity contribution in [1.29, 1.82) is 0 Å². The molecule has 0 heterocycles. The van der Waals surface area contributed by atoms with Gasteiger partial charge in [0.25, 0.3) is 0 Å². The molecule has 2 nitrogen and oxygen atoms in total. The molecule has 0 rings (SSSR count). The van der Waals surface area contributed by atoms with E-state index in [9.17, 15) is 18.0 Å². The molecule has 0 aliphatic heterocycles. The molecule has 0 saturated carbocycles. The Bertz CT molecular complexity index is 186. The molecule has 0 saturated heterocycles. The summed E-state index contributed by atoms with van der Waals surface area (Å²) in [7, 11) is 0. The van der Waals surface area contributed by atoms with Crippen LogP contribution >= 0.6 is 0 Å². The second-order valence-electron chi connectivity index (χ2n) is 3.35. The van der Waals surface area contributed by atoms with Gasteiger partial charge in [-0.05, 0) is 0 Å². The molecule has 1 atom stereocenters. The summed E-state index contributed by atoms with van der Waals surface area (Å²) < 4.78 is 36.3. The minimum atomic E-state index is -4.38. The van der Waals surface area contributed by atoms with Crippen molar-refractivity contribution < 1.29 is 18.0 Å². The number of hydrogen-bond donors (Lipinski definition) is 1. The van der Waals surface area contributed by atoms with E-state index in [1.807, 2.05) is 0 Å². The molecule has 0 aromatic carbocycles. The van der Waals surface area contributed by atoms with E-state index >= 15 is 0 Å². The van der Waals surface area contributed by atoms with Crippen LogP contribution in [0.5, 0.6) is 0 Å². The molecule has 0 aliphatic carbocycles. The Morgan fingerprint density at radius 3 is 1.75 bits per heavy atom. The maximum Gasteiger partial charge on any atom is 0.392 e. The first-order chi connectivity index (χ1) is 5.10. The van der Waals surface area contributed by atoms with Crippen LogP contribution in [0.25, 0.3) is 0 Å². The lowest BCUT2D eigenvalue weighted by Crippen LogP contribution is -2.43. The maximum atomic E-state index is 12.1. The molecule has 0 bridgehead atoms. The summed E-state index contributed by atoms with van der Waals surface area (Å²) in [6.45, 7) is 3.33. The van der Waals surface area contributed by atoms with Crippen molar-refractivity contribution in [3.05, 3.63) is 0 Å². The Labute approximate surface area is 68.9 Å². The number of primary amides is 1. The van der Waals surface area contributed by atoms with Gasteiger partial charge in [-0.1, -0.05) is 20.8 Å². The van der Waals surface area contributed by atoms with Crippen molar-refractivity contribution in [2.24, 2.45) is 17.1 Å². The van der Waals surface area contributed by atoms with E-state index in [-0.39, 0.29) is 0 Å². The number of rotatable bonds is 2. The monoisotopic (exact) mass is 183 g/mol. The highest BCUT2D eigenvalue weighted by Gasteiger charge is 2.48. The third kappa shape index (κ3) is 2.12. The van der Waals surface area contributed by atoms with E-state index < -0.39 is 23.4 Å². The van der Waals surface area contributed by atoms with Crippen molar-refractivity contribution in [3.8, 4) is 0 Å². The van der Waals surface area contributed by atoms with Gasteiger partial charge in [0, 0.05) is 0 Å². The zero-order chi connectivity index (χ0) is 10.2. The summed E-state index contributed by atoms with van der Waals surface area (Å²) in [5.74, 6) is -2.66. The number of amides is 1. The fourth-order valence-corrected chi connectivity index (χ4v) is 0.623. The van der Waals surface area contributed by atoms with Crippen molar-refractivity contribution in [2.75, 3.05) is 0 Å². The van der Waals surface area contributed by atoms with Crippen LogP contribution in [0.1, 0.15) is 20.8 Å². The zero-order valence-corrected chi connectivity index (χ0v) is 7.20. The minimum absolute atomic E-state index is 0.938. The molecule has 0 fully saturated rings. The number of carbonyl (C=O) groups is 1. The first kappa shape index (κ1) is 11.3. The second kappa shape index (κ2) is 2.95. The average Bonchev–Trinajstić information content (AvgIpc) is 1.83. The molecule has 0 aliphatic rings. The van der Waals surface area contributed by atoms with Crippen LogP contribution in [-0.2, 0) is 4.79 Å². The number of carbonyl (C=O) groups excluding carboxylic acids is 1. The van der Waals surface area contributed by atoms with Crippen molar-refractivity contribution in [3.63, 3.8) is 0 Å². The first-order valence-corrected chi connectivity index (χ1v) is 3.46. The van der Waals surface area contributed by atoms with Crippen LogP contribution in [0.4, 0.5) is 13.2 Å². The van der Waals surface area contributed by atoms with E-state index in [1.54, 1.807) is 0 Å². The maximum absolute atomic E-state index is 12.1. The van der Waals surface area contributed by atoms with Crippen molar-refractivity contribution >= 4 is 5.91 Å². The molecule has 2 N–H and O–H groups in total. The molecule has 72 valence electrons. The molecule has 12 heavy (non-hydrogen) atoms. The quantitative estimate of drug-likeness (QED) is 0.695. The van der Waals surface area contributed by atoms with Gasteiger partial charge in [-0.25, -0.2) is 0 Å². The first-order valence-electron chi connectivity index (χ1n) is 3.46. The number of hydrogen-bond acceptors (Lipinski definition) is 1. The van der Waals surface area contributed by atoms with Gasteiger partial charge in [0.05, 0.1) is 11.3 Å². The Balaban J connectivity index is 4.69. The zero-order valence-electron chi connectivity index (χ0n) is 7.20. The molecule has 0 spiro atoms. The number of nitrogens with two attached hydrogens (primary N) is 1. The normalized spacial score (nSPS) is 15.8. The highest BCUT2D eigenvalue weighted by atomic mass is 19.4. The summed E-state index contributed by atoms with van der Waals surface area (Å²) >= 11 is 0. The molecule has 1 amide bonds. The van der Waals surface area contributed by atoms with Gasteiger partial charge >= 0.3 is 6.18 Å². The van der Waals surface area contributed by atoms with Crippen LogP contribution < -0.4 is 5.73 Å². The number of halogens is 3. The lowest BCUT2D eigenvalue weighted by atomic mass is 9.79. The molecular formula is C7H12F3NO. The smallest absolute Gasteiger partial charge is 0.369 e. The largest absolute Gasteiger partial charge is 0.392 e.